The fourth-order valence-electron chi connectivity index (χ4n) is 2.80. The van der Waals surface area contributed by atoms with Gasteiger partial charge in [-0.2, -0.15) is 0 Å². The van der Waals surface area contributed by atoms with Gasteiger partial charge in [-0.3, -0.25) is 10.1 Å². The summed E-state index contributed by atoms with van der Waals surface area (Å²) in [7, 11) is 2.03. The maximum absolute atomic E-state index is 11.2. The normalized spacial score (nSPS) is 14.1. The Kier molecular flexibility index (Phi) is 3.49. The van der Waals surface area contributed by atoms with Gasteiger partial charge in [0.25, 0.3) is 0 Å². The molecule has 2 heterocycles. The second kappa shape index (κ2) is 5.55. The molecule has 8 heteroatoms. The van der Waals surface area contributed by atoms with E-state index < -0.39 is 4.92 Å². The molecule has 122 valence electrons. The van der Waals surface area contributed by atoms with Crippen LogP contribution in [0.4, 0.5) is 17.2 Å². The van der Waals surface area contributed by atoms with Crippen LogP contribution in [0.5, 0.6) is 0 Å². The highest BCUT2D eigenvalue weighted by molar-refractivity contribution is 9.10. The highest BCUT2D eigenvalue weighted by atomic mass is 79.9. The molecule has 0 atom stereocenters. The molecule has 0 amide bonds. The minimum absolute atomic E-state index is 0.0795. The van der Waals surface area contributed by atoms with Gasteiger partial charge in [-0.05, 0) is 47.0 Å². The average molecular weight is 388 g/mol. The summed E-state index contributed by atoms with van der Waals surface area (Å²) < 4.78 is 2.69. The van der Waals surface area contributed by atoms with Gasteiger partial charge in [-0.15, -0.1) is 0 Å². The van der Waals surface area contributed by atoms with Gasteiger partial charge in [0.1, 0.15) is 5.82 Å². The van der Waals surface area contributed by atoms with Crippen LogP contribution in [0.1, 0.15) is 24.6 Å². The quantitative estimate of drug-likeness (QED) is 0.533. The van der Waals surface area contributed by atoms with E-state index in [2.05, 4.69) is 30.8 Å². The predicted molar refractivity (Wildman–Crippen MR) is 94.6 cm³/mol. The molecule has 24 heavy (non-hydrogen) atoms. The average Bonchev–Trinajstić information content (AvgIpc) is 3.34. The van der Waals surface area contributed by atoms with E-state index in [1.165, 1.54) is 25.1 Å². The molecule has 1 fully saturated rings. The monoisotopic (exact) mass is 387 g/mol. The van der Waals surface area contributed by atoms with Gasteiger partial charge in [-0.1, -0.05) is 0 Å². The molecule has 0 bridgehead atoms. The van der Waals surface area contributed by atoms with Crippen molar-refractivity contribution in [2.45, 2.75) is 18.8 Å². The second-order valence-corrected chi connectivity index (χ2v) is 6.83. The number of fused-ring (bicyclic) bond motifs is 1. The largest absolute Gasteiger partial charge is 0.334 e. The first-order chi connectivity index (χ1) is 11.5. The highest BCUT2D eigenvalue weighted by Crippen LogP contribution is 2.40. The zero-order valence-corrected chi connectivity index (χ0v) is 14.4. The smallest absolute Gasteiger partial charge is 0.312 e. The topological polar surface area (TPSA) is 85.9 Å². The van der Waals surface area contributed by atoms with Crippen LogP contribution in [0, 0.1) is 10.1 Å². The number of imidazole rings is 1. The van der Waals surface area contributed by atoms with Gasteiger partial charge in [0.2, 0.25) is 5.82 Å². The number of benzene rings is 1. The lowest BCUT2D eigenvalue weighted by atomic mass is 10.2. The number of rotatable bonds is 4. The number of hydrogen-bond donors (Lipinski definition) is 1. The minimum atomic E-state index is -0.454. The lowest BCUT2D eigenvalue weighted by Gasteiger charge is -2.06. The zero-order chi connectivity index (χ0) is 16.8. The Morgan fingerprint density at radius 2 is 2.17 bits per heavy atom. The van der Waals surface area contributed by atoms with Crippen LogP contribution in [0.15, 0.2) is 34.9 Å². The first kappa shape index (κ1) is 15.1. The van der Waals surface area contributed by atoms with Crippen molar-refractivity contribution >= 4 is 44.2 Å². The summed E-state index contributed by atoms with van der Waals surface area (Å²) in [5.74, 6) is 1.88. The number of pyridine rings is 1. The van der Waals surface area contributed by atoms with Crippen molar-refractivity contribution < 1.29 is 4.92 Å². The number of nitrogens with zero attached hydrogens (tertiary/aromatic N) is 4. The standard InChI is InChI=1S/C16H14BrN5O2/c1-21-13-5-4-11(7-12(13)20-16(21)9-2-3-9)19-15-14(22(23)24)6-10(17)8-18-15/h4-9H,2-3H2,1H3,(H,18,19). The molecular formula is C16H14BrN5O2. The van der Waals surface area contributed by atoms with Crippen LogP contribution in [0.2, 0.25) is 0 Å². The van der Waals surface area contributed by atoms with E-state index in [-0.39, 0.29) is 11.5 Å². The van der Waals surface area contributed by atoms with E-state index in [9.17, 15) is 10.1 Å². The van der Waals surface area contributed by atoms with Gasteiger partial charge >= 0.3 is 5.69 Å². The molecule has 0 aliphatic heterocycles. The Balaban J connectivity index is 1.71. The number of hydrogen-bond acceptors (Lipinski definition) is 5. The van der Waals surface area contributed by atoms with Crippen molar-refractivity contribution in [3.05, 3.63) is 50.9 Å². The molecule has 0 saturated heterocycles. The van der Waals surface area contributed by atoms with Gasteiger partial charge in [0.05, 0.1) is 16.0 Å². The zero-order valence-electron chi connectivity index (χ0n) is 12.9. The molecule has 1 N–H and O–H groups in total. The first-order valence-corrected chi connectivity index (χ1v) is 8.35. The van der Waals surface area contributed by atoms with Crippen molar-refractivity contribution in [1.82, 2.24) is 14.5 Å². The maximum Gasteiger partial charge on any atom is 0.312 e. The van der Waals surface area contributed by atoms with Gasteiger partial charge < -0.3 is 9.88 Å². The van der Waals surface area contributed by atoms with Crippen LogP contribution in [0.25, 0.3) is 11.0 Å². The molecule has 2 aromatic heterocycles. The van der Waals surface area contributed by atoms with E-state index in [1.807, 2.05) is 25.2 Å². The second-order valence-electron chi connectivity index (χ2n) is 5.91. The molecule has 0 spiro atoms. The summed E-state index contributed by atoms with van der Waals surface area (Å²) in [5, 5.41) is 14.2. The Labute approximate surface area is 146 Å². The van der Waals surface area contributed by atoms with E-state index in [0.717, 1.165) is 22.5 Å². The summed E-state index contributed by atoms with van der Waals surface area (Å²) in [6, 6.07) is 7.18. The van der Waals surface area contributed by atoms with Crippen molar-refractivity contribution in [3.8, 4) is 0 Å². The Bertz CT molecular complexity index is 965. The summed E-state index contributed by atoms with van der Waals surface area (Å²) >= 11 is 3.21. The summed E-state index contributed by atoms with van der Waals surface area (Å²) in [4.78, 5) is 19.6. The SMILES string of the molecule is Cn1c(C2CC2)nc2cc(Nc3ncc(Br)cc3[N+](=O)[O-])ccc21. The van der Waals surface area contributed by atoms with Crippen molar-refractivity contribution in [2.24, 2.45) is 7.05 Å². The molecule has 0 radical (unpaired) electrons. The van der Waals surface area contributed by atoms with Gasteiger partial charge in [0, 0.05) is 35.4 Å². The van der Waals surface area contributed by atoms with Crippen molar-refractivity contribution in [2.75, 3.05) is 5.32 Å². The molecule has 7 nitrogen and oxygen atoms in total. The van der Waals surface area contributed by atoms with Gasteiger partial charge in [0.15, 0.2) is 0 Å². The molecule has 1 aliphatic rings. The fourth-order valence-corrected chi connectivity index (χ4v) is 3.12. The number of aromatic nitrogens is 3. The van der Waals surface area contributed by atoms with Gasteiger partial charge in [-0.25, -0.2) is 9.97 Å². The van der Waals surface area contributed by atoms with Crippen LogP contribution in [-0.4, -0.2) is 19.5 Å². The third kappa shape index (κ3) is 2.62. The number of anilines is 2. The number of aryl methyl sites for hydroxylation is 1. The lowest BCUT2D eigenvalue weighted by molar-refractivity contribution is -0.384. The molecule has 3 aromatic rings. The summed E-state index contributed by atoms with van der Waals surface area (Å²) in [6.45, 7) is 0. The van der Waals surface area contributed by atoms with Crippen LogP contribution >= 0.6 is 15.9 Å². The fraction of sp³-hybridized carbons (Fsp3) is 0.250. The van der Waals surface area contributed by atoms with E-state index in [4.69, 9.17) is 4.98 Å². The van der Waals surface area contributed by atoms with E-state index >= 15 is 0 Å². The minimum Gasteiger partial charge on any atom is -0.334 e. The number of halogens is 1. The molecule has 1 aromatic carbocycles. The highest BCUT2D eigenvalue weighted by Gasteiger charge is 2.28. The summed E-state index contributed by atoms with van der Waals surface area (Å²) in [5.41, 5.74) is 2.58. The predicted octanol–water partition coefficient (Wildman–Crippen LogP) is 4.26. The molecule has 0 unspecified atom stereocenters. The van der Waals surface area contributed by atoms with Crippen molar-refractivity contribution in [1.29, 1.82) is 0 Å². The third-order valence-electron chi connectivity index (χ3n) is 4.15. The van der Waals surface area contributed by atoms with E-state index in [1.54, 1.807) is 0 Å². The van der Waals surface area contributed by atoms with Crippen LogP contribution in [0.3, 0.4) is 0 Å². The maximum atomic E-state index is 11.2. The Hall–Kier alpha value is -2.48. The molecule has 1 aliphatic carbocycles. The Morgan fingerprint density at radius 3 is 2.88 bits per heavy atom. The first-order valence-electron chi connectivity index (χ1n) is 7.56. The number of nitro groups is 1. The lowest BCUT2D eigenvalue weighted by Crippen LogP contribution is -1.99. The summed E-state index contributed by atoms with van der Waals surface area (Å²) in [6.07, 6.45) is 3.91. The number of nitrogens with one attached hydrogen (secondary N) is 1. The van der Waals surface area contributed by atoms with Crippen LogP contribution in [-0.2, 0) is 7.05 Å². The van der Waals surface area contributed by atoms with Crippen LogP contribution < -0.4 is 5.32 Å². The van der Waals surface area contributed by atoms with Crippen molar-refractivity contribution in [3.63, 3.8) is 0 Å². The third-order valence-corrected chi connectivity index (χ3v) is 4.59. The molecular weight excluding hydrogens is 374 g/mol. The molecule has 4 rings (SSSR count). The van der Waals surface area contributed by atoms with E-state index in [0.29, 0.717) is 10.4 Å². The Morgan fingerprint density at radius 1 is 1.38 bits per heavy atom. The molecule has 1 saturated carbocycles.